The van der Waals surface area contributed by atoms with E-state index in [1.807, 2.05) is 23.6 Å². The number of rotatable bonds is 6. The summed E-state index contributed by atoms with van der Waals surface area (Å²) in [4.78, 5) is 29.6. The van der Waals surface area contributed by atoms with Gasteiger partial charge in [-0.05, 0) is 32.4 Å². The lowest BCUT2D eigenvalue weighted by atomic mass is 9.78. The van der Waals surface area contributed by atoms with E-state index in [2.05, 4.69) is 10.3 Å². The molecule has 144 valence electrons. The Kier molecular flexibility index (Phi) is 5.44. The highest BCUT2D eigenvalue weighted by atomic mass is 35.5. The van der Waals surface area contributed by atoms with Crippen LogP contribution in [0.4, 0.5) is 10.8 Å². The van der Waals surface area contributed by atoms with Crippen LogP contribution in [-0.4, -0.2) is 23.5 Å². The first-order valence-electron chi connectivity index (χ1n) is 8.73. The number of nitrogens with zero attached hydrogens (tertiary/aromatic N) is 1. The number of ether oxygens (including phenoxy) is 2. The SMILES string of the molecule is CCOC(=O)[C@@]1(CC)C[C@](C)(c2csc(Nc3ccccc3Cl)n2)OC1=O. The Morgan fingerprint density at radius 1 is 1.41 bits per heavy atom. The van der Waals surface area contributed by atoms with E-state index in [-0.39, 0.29) is 13.0 Å². The standard InChI is InChI=1S/C19H21ClN2O4S/c1-4-19(15(23)25-5-2)11-18(3,26-16(19)24)14-10-27-17(22-14)21-13-9-7-6-8-12(13)20/h6-10H,4-5,11H2,1-3H3,(H,21,22)/t18-,19-/m1/s1. The van der Waals surface area contributed by atoms with Crippen molar-refractivity contribution in [1.82, 2.24) is 4.98 Å². The normalized spacial score (nSPS) is 24.5. The van der Waals surface area contributed by atoms with Gasteiger partial charge in [-0.15, -0.1) is 11.3 Å². The van der Waals surface area contributed by atoms with Crippen molar-refractivity contribution >= 4 is 45.7 Å². The summed E-state index contributed by atoms with van der Waals surface area (Å²) in [6.45, 7) is 5.49. The summed E-state index contributed by atoms with van der Waals surface area (Å²) in [5.74, 6) is -1.09. The summed E-state index contributed by atoms with van der Waals surface area (Å²) in [6.07, 6.45) is 0.512. The minimum Gasteiger partial charge on any atom is -0.465 e. The van der Waals surface area contributed by atoms with Crippen molar-refractivity contribution in [3.05, 3.63) is 40.4 Å². The Morgan fingerprint density at radius 2 is 2.15 bits per heavy atom. The lowest BCUT2D eigenvalue weighted by Gasteiger charge is -2.23. The van der Waals surface area contributed by atoms with Crippen molar-refractivity contribution in [2.75, 3.05) is 11.9 Å². The number of anilines is 2. The molecule has 1 N–H and O–H groups in total. The predicted molar refractivity (Wildman–Crippen MR) is 104 cm³/mol. The van der Waals surface area contributed by atoms with Crippen LogP contribution in [0.5, 0.6) is 0 Å². The van der Waals surface area contributed by atoms with Gasteiger partial charge in [0.2, 0.25) is 0 Å². The highest BCUT2D eigenvalue weighted by Gasteiger charge is 2.60. The average molecular weight is 409 g/mol. The zero-order valence-corrected chi connectivity index (χ0v) is 16.9. The molecular weight excluding hydrogens is 388 g/mol. The molecular formula is C19H21ClN2O4S. The van der Waals surface area contributed by atoms with Gasteiger partial charge in [0.05, 0.1) is 23.0 Å². The van der Waals surface area contributed by atoms with Gasteiger partial charge in [-0.1, -0.05) is 30.7 Å². The second kappa shape index (κ2) is 7.48. The molecule has 0 radical (unpaired) electrons. The number of nitrogens with one attached hydrogen (secondary N) is 1. The van der Waals surface area contributed by atoms with Crippen LogP contribution in [-0.2, 0) is 24.7 Å². The van der Waals surface area contributed by atoms with Gasteiger partial charge in [-0.2, -0.15) is 0 Å². The molecule has 8 heteroatoms. The number of para-hydroxylation sites is 1. The number of esters is 2. The largest absolute Gasteiger partial charge is 0.465 e. The fourth-order valence-electron chi connectivity index (χ4n) is 3.22. The number of thiazole rings is 1. The van der Waals surface area contributed by atoms with Crippen LogP contribution in [0.1, 0.15) is 39.3 Å². The van der Waals surface area contributed by atoms with E-state index in [1.54, 1.807) is 26.8 Å². The van der Waals surface area contributed by atoms with E-state index in [0.717, 1.165) is 5.69 Å². The maximum absolute atomic E-state index is 12.6. The summed E-state index contributed by atoms with van der Waals surface area (Å²) >= 11 is 7.55. The van der Waals surface area contributed by atoms with Crippen molar-refractivity contribution in [3.8, 4) is 0 Å². The van der Waals surface area contributed by atoms with Gasteiger partial charge in [-0.3, -0.25) is 9.59 Å². The molecule has 3 rings (SSSR count). The fraction of sp³-hybridized carbons (Fsp3) is 0.421. The molecule has 1 aliphatic rings. The van der Waals surface area contributed by atoms with Crippen LogP contribution in [0.2, 0.25) is 5.02 Å². The molecule has 1 aromatic heterocycles. The van der Waals surface area contributed by atoms with Crippen molar-refractivity contribution in [2.24, 2.45) is 5.41 Å². The van der Waals surface area contributed by atoms with E-state index in [0.29, 0.717) is 22.3 Å². The van der Waals surface area contributed by atoms with E-state index < -0.39 is 23.0 Å². The molecule has 0 bridgehead atoms. The van der Waals surface area contributed by atoms with Crippen LogP contribution in [0.3, 0.4) is 0 Å². The van der Waals surface area contributed by atoms with Gasteiger partial charge < -0.3 is 14.8 Å². The zero-order valence-electron chi connectivity index (χ0n) is 15.4. The monoisotopic (exact) mass is 408 g/mol. The van der Waals surface area contributed by atoms with Gasteiger partial charge >= 0.3 is 11.9 Å². The second-order valence-electron chi connectivity index (χ2n) is 6.60. The predicted octanol–water partition coefficient (Wildman–Crippen LogP) is 4.66. The highest BCUT2D eigenvalue weighted by Crippen LogP contribution is 2.49. The lowest BCUT2D eigenvalue weighted by molar-refractivity contribution is -0.166. The third-order valence-corrected chi connectivity index (χ3v) is 5.87. The molecule has 1 saturated heterocycles. The number of halogens is 1. The number of cyclic esters (lactones) is 1. The Balaban J connectivity index is 1.85. The molecule has 0 unspecified atom stereocenters. The Hall–Kier alpha value is -2.12. The van der Waals surface area contributed by atoms with Crippen LogP contribution >= 0.6 is 22.9 Å². The van der Waals surface area contributed by atoms with E-state index in [1.165, 1.54) is 11.3 Å². The number of benzene rings is 1. The third kappa shape index (κ3) is 3.53. The topological polar surface area (TPSA) is 77.5 Å². The Labute approximate surface area is 166 Å². The van der Waals surface area contributed by atoms with Gasteiger partial charge in [0.15, 0.2) is 16.1 Å². The van der Waals surface area contributed by atoms with Gasteiger partial charge in [0, 0.05) is 11.8 Å². The molecule has 27 heavy (non-hydrogen) atoms. The molecule has 0 amide bonds. The van der Waals surface area contributed by atoms with Gasteiger partial charge in [-0.25, -0.2) is 4.98 Å². The Bertz CT molecular complexity index is 871. The average Bonchev–Trinajstić information content (AvgIpc) is 3.21. The number of hydrogen-bond donors (Lipinski definition) is 1. The molecule has 2 heterocycles. The number of hydrogen-bond acceptors (Lipinski definition) is 7. The van der Waals surface area contributed by atoms with Crippen LogP contribution in [0.25, 0.3) is 0 Å². The van der Waals surface area contributed by atoms with Crippen molar-refractivity contribution < 1.29 is 19.1 Å². The zero-order chi connectivity index (χ0) is 19.7. The van der Waals surface area contributed by atoms with Crippen molar-refractivity contribution in [2.45, 2.75) is 39.2 Å². The Morgan fingerprint density at radius 3 is 2.81 bits per heavy atom. The van der Waals surface area contributed by atoms with E-state index in [4.69, 9.17) is 21.1 Å². The van der Waals surface area contributed by atoms with Crippen LogP contribution < -0.4 is 5.32 Å². The molecule has 1 aliphatic heterocycles. The molecule has 1 fully saturated rings. The number of carbonyl (C=O) groups is 2. The van der Waals surface area contributed by atoms with Crippen molar-refractivity contribution in [1.29, 1.82) is 0 Å². The fourth-order valence-corrected chi connectivity index (χ4v) is 4.25. The molecule has 0 spiro atoms. The lowest BCUT2D eigenvalue weighted by Crippen LogP contribution is -2.37. The summed E-state index contributed by atoms with van der Waals surface area (Å²) in [7, 11) is 0. The molecule has 2 aromatic rings. The van der Waals surface area contributed by atoms with Crippen molar-refractivity contribution in [3.63, 3.8) is 0 Å². The second-order valence-corrected chi connectivity index (χ2v) is 7.86. The smallest absolute Gasteiger partial charge is 0.324 e. The highest BCUT2D eigenvalue weighted by molar-refractivity contribution is 7.13. The molecule has 2 atom stereocenters. The number of aromatic nitrogens is 1. The van der Waals surface area contributed by atoms with E-state index >= 15 is 0 Å². The molecule has 0 saturated carbocycles. The molecule has 1 aromatic carbocycles. The maximum atomic E-state index is 12.6. The van der Waals surface area contributed by atoms with Crippen LogP contribution in [0.15, 0.2) is 29.6 Å². The van der Waals surface area contributed by atoms with Crippen LogP contribution in [0, 0.1) is 5.41 Å². The summed E-state index contributed by atoms with van der Waals surface area (Å²) in [6, 6.07) is 7.36. The summed E-state index contributed by atoms with van der Waals surface area (Å²) in [5.41, 5.74) is -0.945. The van der Waals surface area contributed by atoms with Gasteiger partial charge in [0.1, 0.15) is 0 Å². The third-order valence-electron chi connectivity index (χ3n) is 4.78. The first-order valence-corrected chi connectivity index (χ1v) is 9.98. The van der Waals surface area contributed by atoms with E-state index in [9.17, 15) is 9.59 Å². The molecule has 0 aliphatic carbocycles. The maximum Gasteiger partial charge on any atom is 0.324 e. The minimum absolute atomic E-state index is 0.198. The minimum atomic E-state index is -1.29. The quantitative estimate of drug-likeness (QED) is 0.553. The first kappa shape index (κ1) is 19.6. The number of carbonyl (C=O) groups excluding carboxylic acids is 2. The summed E-state index contributed by atoms with van der Waals surface area (Å²) in [5, 5.41) is 6.20. The van der Waals surface area contributed by atoms with Gasteiger partial charge in [0.25, 0.3) is 0 Å². The molecule has 6 nitrogen and oxygen atoms in total. The summed E-state index contributed by atoms with van der Waals surface area (Å²) < 4.78 is 10.8. The first-order chi connectivity index (χ1) is 12.8.